The Bertz CT molecular complexity index is 1650. The van der Waals surface area contributed by atoms with Crippen molar-refractivity contribution in [3.8, 4) is 0 Å². The van der Waals surface area contributed by atoms with Crippen molar-refractivity contribution in [2.24, 2.45) is 0 Å². The Morgan fingerprint density at radius 1 is 0.744 bits per heavy atom. The molecular formula is C31H26N4O3S. The molecule has 0 unspecified atom stereocenters. The molecule has 1 saturated heterocycles. The van der Waals surface area contributed by atoms with Gasteiger partial charge in [0.25, 0.3) is 11.8 Å². The summed E-state index contributed by atoms with van der Waals surface area (Å²) >= 11 is 5.37. The summed E-state index contributed by atoms with van der Waals surface area (Å²) in [7, 11) is 0. The van der Waals surface area contributed by atoms with E-state index in [0.29, 0.717) is 24.4 Å². The van der Waals surface area contributed by atoms with Crippen molar-refractivity contribution in [2.45, 2.75) is 0 Å². The number of nitrogens with one attached hydrogen (secondary N) is 2. The number of anilines is 2. The lowest BCUT2D eigenvalue weighted by Crippen LogP contribution is -2.48. The van der Waals surface area contributed by atoms with Gasteiger partial charge in [-0.3, -0.25) is 14.9 Å². The molecule has 1 aromatic heterocycles. The van der Waals surface area contributed by atoms with E-state index in [4.69, 9.17) is 16.6 Å². The average Bonchev–Trinajstić information content (AvgIpc) is 3.41. The van der Waals surface area contributed by atoms with Crippen LogP contribution in [0, 0.1) is 0 Å². The highest BCUT2D eigenvalue weighted by Crippen LogP contribution is 2.23. The molecule has 7 nitrogen and oxygen atoms in total. The molecule has 194 valence electrons. The van der Waals surface area contributed by atoms with E-state index in [1.807, 2.05) is 95.9 Å². The van der Waals surface area contributed by atoms with Crippen LogP contribution in [-0.4, -0.2) is 48.0 Å². The van der Waals surface area contributed by atoms with Crippen LogP contribution in [0.4, 0.5) is 11.4 Å². The summed E-state index contributed by atoms with van der Waals surface area (Å²) < 4.78 is 5.76. The summed E-state index contributed by atoms with van der Waals surface area (Å²) in [6.45, 7) is 2.67. The third-order valence-corrected chi connectivity index (χ3v) is 7.14. The molecule has 0 spiro atoms. The summed E-state index contributed by atoms with van der Waals surface area (Å²) in [5, 5.41) is 9.07. The maximum absolute atomic E-state index is 12.9. The predicted molar refractivity (Wildman–Crippen MR) is 158 cm³/mol. The molecule has 1 aliphatic heterocycles. The Morgan fingerprint density at radius 3 is 2.18 bits per heavy atom. The van der Waals surface area contributed by atoms with Gasteiger partial charge in [-0.25, -0.2) is 0 Å². The van der Waals surface area contributed by atoms with Gasteiger partial charge in [-0.2, -0.15) is 0 Å². The van der Waals surface area contributed by atoms with Crippen LogP contribution >= 0.6 is 12.2 Å². The van der Waals surface area contributed by atoms with Gasteiger partial charge in [0.1, 0.15) is 5.58 Å². The van der Waals surface area contributed by atoms with Crippen LogP contribution in [0.1, 0.15) is 20.9 Å². The first-order valence-corrected chi connectivity index (χ1v) is 13.2. The van der Waals surface area contributed by atoms with Crippen LogP contribution in [-0.2, 0) is 0 Å². The maximum Gasteiger partial charge on any atom is 0.289 e. The first-order chi connectivity index (χ1) is 19.0. The molecular weight excluding hydrogens is 508 g/mol. The Kier molecular flexibility index (Phi) is 6.69. The fraction of sp³-hybridized carbons (Fsp3) is 0.129. The van der Waals surface area contributed by atoms with Crippen LogP contribution in [0.15, 0.2) is 101 Å². The monoisotopic (exact) mass is 534 g/mol. The molecule has 0 radical (unpaired) electrons. The van der Waals surface area contributed by atoms with Crippen molar-refractivity contribution in [1.82, 2.24) is 10.2 Å². The Morgan fingerprint density at radius 2 is 1.44 bits per heavy atom. The number of carbonyl (C=O) groups excluding carboxylic acids is 2. The number of fused-ring (bicyclic) bond motifs is 2. The number of benzene rings is 4. The molecule has 2 amide bonds. The summed E-state index contributed by atoms with van der Waals surface area (Å²) in [5.74, 6) is 0.0401. The van der Waals surface area contributed by atoms with Crippen LogP contribution in [0.2, 0.25) is 0 Å². The van der Waals surface area contributed by atoms with Crippen molar-refractivity contribution < 1.29 is 14.0 Å². The van der Waals surface area contributed by atoms with Gasteiger partial charge in [-0.05, 0) is 71.5 Å². The summed E-state index contributed by atoms with van der Waals surface area (Å²) in [6.07, 6.45) is 0. The van der Waals surface area contributed by atoms with E-state index in [0.717, 1.165) is 46.2 Å². The van der Waals surface area contributed by atoms with Gasteiger partial charge in [-0.1, -0.05) is 48.5 Å². The molecule has 39 heavy (non-hydrogen) atoms. The van der Waals surface area contributed by atoms with E-state index in [9.17, 15) is 9.59 Å². The van der Waals surface area contributed by atoms with E-state index in [1.54, 1.807) is 6.07 Å². The van der Waals surface area contributed by atoms with E-state index < -0.39 is 0 Å². The quantitative estimate of drug-likeness (QED) is 0.289. The number of rotatable bonds is 4. The van der Waals surface area contributed by atoms with E-state index in [1.165, 1.54) is 0 Å². The van der Waals surface area contributed by atoms with Crippen LogP contribution < -0.4 is 15.5 Å². The third kappa shape index (κ3) is 5.32. The van der Waals surface area contributed by atoms with Gasteiger partial charge < -0.3 is 19.5 Å². The number of amides is 2. The van der Waals surface area contributed by atoms with Crippen molar-refractivity contribution in [3.63, 3.8) is 0 Å². The Hall–Kier alpha value is -4.69. The minimum Gasteiger partial charge on any atom is -0.451 e. The highest BCUT2D eigenvalue weighted by Gasteiger charge is 2.24. The lowest BCUT2D eigenvalue weighted by molar-refractivity contribution is 0.0717. The van der Waals surface area contributed by atoms with Gasteiger partial charge in [0.05, 0.1) is 0 Å². The highest BCUT2D eigenvalue weighted by atomic mass is 32.1. The van der Waals surface area contributed by atoms with Crippen molar-refractivity contribution >= 4 is 62.3 Å². The first kappa shape index (κ1) is 24.6. The highest BCUT2D eigenvalue weighted by molar-refractivity contribution is 7.80. The number of carbonyl (C=O) groups is 2. The topological polar surface area (TPSA) is 77.8 Å². The minimum atomic E-state index is -0.259. The largest absolute Gasteiger partial charge is 0.451 e. The molecule has 4 aromatic carbocycles. The molecule has 8 heteroatoms. The standard InChI is InChI=1S/C31H26N4O3S/c36-29(24-10-9-21-5-1-2-6-22(21)19-24)33-31(39)32-25-11-13-26(14-12-25)34-15-17-35(18-16-34)30(37)28-20-23-7-3-4-8-27(23)38-28/h1-14,19-20H,15-18H2,(H2,32,33,36,39). The lowest BCUT2D eigenvalue weighted by atomic mass is 10.1. The fourth-order valence-corrected chi connectivity index (χ4v) is 5.05. The smallest absolute Gasteiger partial charge is 0.289 e. The van der Waals surface area contributed by atoms with E-state index in [-0.39, 0.29) is 16.9 Å². The van der Waals surface area contributed by atoms with Gasteiger partial charge in [0.2, 0.25) is 0 Å². The molecule has 2 N–H and O–H groups in total. The summed E-state index contributed by atoms with van der Waals surface area (Å²) in [6, 6.07) is 30.8. The van der Waals surface area contributed by atoms with Gasteiger partial charge in [0.15, 0.2) is 10.9 Å². The number of hydrogen-bond acceptors (Lipinski definition) is 5. The third-order valence-electron chi connectivity index (χ3n) is 6.93. The average molecular weight is 535 g/mol. The number of furan rings is 1. The second-order valence-electron chi connectivity index (χ2n) is 9.44. The molecule has 5 aromatic rings. The fourth-order valence-electron chi connectivity index (χ4n) is 4.83. The van der Waals surface area contributed by atoms with Crippen LogP contribution in [0.5, 0.6) is 0 Å². The molecule has 0 saturated carbocycles. The molecule has 6 rings (SSSR count). The molecule has 2 heterocycles. The van der Waals surface area contributed by atoms with Gasteiger partial charge in [-0.15, -0.1) is 0 Å². The number of piperazine rings is 1. The molecule has 0 atom stereocenters. The van der Waals surface area contributed by atoms with E-state index >= 15 is 0 Å². The van der Waals surface area contributed by atoms with Crippen LogP contribution in [0.25, 0.3) is 21.7 Å². The minimum absolute atomic E-state index is 0.0790. The zero-order valence-electron chi connectivity index (χ0n) is 21.1. The predicted octanol–water partition coefficient (Wildman–Crippen LogP) is 5.68. The Labute approximate surface area is 231 Å². The van der Waals surface area contributed by atoms with Crippen molar-refractivity contribution in [1.29, 1.82) is 0 Å². The number of para-hydroxylation sites is 1. The molecule has 1 fully saturated rings. The second-order valence-corrected chi connectivity index (χ2v) is 9.85. The number of hydrogen-bond donors (Lipinski definition) is 2. The zero-order chi connectivity index (χ0) is 26.8. The van der Waals surface area contributed by atoms with Gasteiger partial charge in [0, 0.05) is 48.5 Å². The van der Waals surface area contributed by atoms with Crippen LogP contribution in [0.3, 0.4) is 0 Å². The molecule has 0 bridgehead atoms. The van der Waals surface area contributed by atoms with Gasteiger partial charge >= 0.3 is 0 Å². The Balaban J connectivity index is 1.02. The zero-order valence-corrected chi connectivity index (χ0v) is 21.9. The summed E-state index contributed by atoms with van der Waals surface area (Å²) in [4.78, 5) is 29.7. The van der Waals surface area contributed by atoms with E-state index in [2.05, 4.69) is 15.5 Å². The SMILES string of the molecule is O=C(NC(=S)Nc1ccc(N2CCN(C(=O)c3cc4ccccc4o3)CC2)cc1)c1ccc2ccccc2c1. The molecule has 0 aliphatic carbocycles. The van der Waals surface area contributed by atoms with Crippen molar-refractivity contribution in [2.75, 3.05) is 36.4 Å². The van der Waals surface area contributed by atoms with Crippen molar-refractivity contribution in [3.05, 3.63) is 108 Å². The first-order valence-electron chi connectivity index (χ1n) is 12.8. The maximum atomic E-state index is 12.9. The second kappa shape index (κ2) is 10.6. The lowest BCUT2D eigenvalue weighted by Gasteiger charge is -2.35. The summed E-state index contributed by atoms with van der Waals surface area (Å²) in [5.41, 5.74) is 3.11. The number of nitrogens with zero attached hydrogens (tertiary/aromatic N) is 2. The molecule has 1 aliphatic rings. The normalized spacial score (nSPS) is 13.4. The number of thiocarbonyl (C=S) groups is 1.